The molecule has 0 saturated heterocycles. The fourth-order valence-electron chi connectivity index (χ4n) is 1.12. The Labute approximate surface area is 99.1 Å². The summed E-state index contributed by atoms with van der Waals surface area (Å²) in [6.45, 7) is 0. The summed E-state index contributed by atoms with van der Waals surface area (Å²) < 4.78 is 27.3. The van der Waals surface area contributed by atoms with Gasteiger partial charge in [-0.2, -0.15) is 0 Å². The highest BCUT2D eigenvalue weighted by atomic mass is 35.5. The maximum absolute atomic E-state index is 11.5. The Morgan fingerprint density at radius 2 is 1.88 bits per heavy atom. The second kappa shape index (κ2) is 5.32. The van der Waals surface area contributed by atoms with Crippen LogP contribution in [-0.4, -0.2) is 27.2 Å². The van der Waals surface area contributed by atoms with Crippen LogP contribution in [0.25, 0.3) is 0 Å². The Balaban J connectivity index is 2.73. The fraction of sp³-hybridized carbons (Fsp3) is 0.300. The Kier molecular flexibility index (Phi) is 4.32. The van der Waals surface area contributed by atoms with Crippen LogP contribution < -0.4 is 0 Å². The molecule has 1 rings (SSSR count). The molecule has 88 valence electrons. The topological polar surface area (TPSA) is 60.4 Å². The van der Waals surface area contributed by atoms with Crippen molar-refractivity contribution in [3.05, 3.63) is 34.9 Å². The first-order chi connectivity index (χ1) is 7.43. The predicted molar refractivity (Wildman–Crippen MR) is 61.0 cm³/mol. The lowest BCUT2D eigenvalue weighted by Gasteiger charge is -2.03. The quantitative estimate of drug-likeness (QED) is 0.770. The van der Waals surface area contributed by atoms with Gasteiger partial charge in [-0.15, -0.1) is 0 Å². The van der Waals surface area contributed by atoms with Crippen LogP contribution in [0.15, 0.2) is 24.3 Å². The number of carbonyl (C=O) groups is 1. The highest BCUT2D eigenvalue weighted by molar-refractivity contribution is 7.91. The van der Waals surface area contributed by atoms with Crippen molar-refractivity contribution < 1.29 is 17.9 Å². The van der Waals surface area contributed by atoms with Gasteiger partial charge in [-0.05, 0) is 17.7 Å². The first-order valence-electron chi connectivity index (χ1n) is 4.44. The summed E-state index contributed by atoms with van der Waals surface area (Å²) in [5.74, 6) is -1.56. The maximum atomic E-state index is 11.5. The second-order valence-corrected chi connectivity index (χ2v) is 5.74. The molecule has 0 amide bonds. The fourth-order valence-corrected chi connectivity index (χ4v) is 2.53. The Bertz CT molecular complexity index is 464. The molecule has 0 aliphatic rings. The van der Waals surface area contributed by atoms with Crippen LogP contribution in [0.1, 0.15) is 5.56 Å². The minimum absolute atomic E-state index is 0.195. The summed E-state index contributed by atoms with van der Waals surface area (Å²) in [5.41, 5.74) is 0.591. The van der Waals surface area contributed by atoms with Gasteiger partial charge in [0.2, 0.25) is 0 Å². The summed E-state index contributed by atoms with van der Waals surface area (Å²) in [7, 11) is -2.32. The zero-order valence-electron chi connectivity index (χ0n) is 8.64. The number of halogens is 1. The van der Waals surface area contributed by atoms with Crippen molar-refractivity contribution in [3.63, 3.8) is 0 Å². The van der Waals surface area contributed by atoms with Gasteiger partial charge < -0.3 is 4.74 Å². The molecule has 0 fully saturated rings. The number of esters is 1. The van der Waals surface area contributed by atoms with Crippen LogP contribution in [0.4, 0.5) is 0 Å². The van der Waals surface area contributed by atoms with Crippen molar-refractivity contribution in [2.24, 2.45) is 0 Å². The molecule has 0 aliphatic carbocycles. The average Bonchev–Trinajstić information content (AvgIpc) is 2.20. The monoisotopic (exact) mass is 262 g/mol. The van der Waals surface area contributed by atoms with Gasteiger partial charge in [0.25, 0.3) is 0 Å². The third-order valence-electron chi connectivity index (χ3n) is 1.87. The van der Waals surface area contributed by atoms with E-state index >= 15 is 0 Å². The molecular formula is C10H11ClO4S. The van der Waals surface area contributed by atoms with Crippen molar-refractivity contribution >= 4 is 27.4 Å². The molecule has 4 nitrogen and oxygen atoms in total. The predicted octanol–water partition coefficient (Wildman–Crippen LogP) is 1.43. The number of ether oxygens (including phenoxy) is 1. The van der Waals surface area contributed by atoms with Crippen molar-refractivity contribution in [3.8, 4) is 0 Å². The summed E-state index contributed by atoms with van der Waals surface area (Å²) >= 11 is 5.67. The first kappa shape index (κ1) is 13.0. The molecule has 0 N–H and O–H groups in total. The molecule has 16 heavy (non-hydrogen) atoms. The number of sulfone groups is 1. The summed E-state index contributed by atoms with van der Waals surface area (Å²) in [4.78, 5) is 10.8. The zero-order valence-corrected chi connectivity index (χ0v) is 10.2. The van der Waals surface area contributed by atoms with Crippen molar-refractivity contribution in [2.45, 2.75) is 5.75 Å². The largest absolute Gasteiger partial charge is 0.468 e. The molecule has 0 radical (unpaired) electrons. The molecule has 0 bridgehead atoms. The van der Waals surface area contributed by atoms with Crippen molar-refractivity contribution in [1.29, 1.82) is 0 Å². The van der Waals surface area contributed by atoms with E-state index in [2.05, 4.69) is 4.74 Å². The molecule has 0 spiro atoms. The van der Waals surface area contributed by atoms with Gasteiger partial charge in [0.15, 0.2) is 9.84 Å². The molecule has 0 atom stereocenters. The van der Waals surface area contributed by atoms with E-state index in [9.17, 15) is 13.2 Å². The molecule has 1 aromatic carbocycles. The smallest absolute Gasteiger partial charge is 0.320 e. The lowest BCUT2D eigenvalue weighted by molar-refractivity contribution is -0.137. The van der Waals surface area contributed by atoms with Gasteiger partial charge in [0.05, 0.1) is 12.9 Å². The minimum Gasteiger partial charge on any atom is -0.468 e. The van der Waals surface area contributed by atoms with Gasteiger partial charge in [-0.25, -0.2) is 8.42 Å². The molecular weight excluding hydrogens is 252 g/mol. The standard InChI is InChI=1S/C10H11ClO4S/c1-15-10(12)7-16(13,14)6-8-2-4-9(11)5-3-8/h2-5H,6-7H2,1H3. The summed E-state index contributed by atoms with van der Waals surface area (Å²) in [5, 5.41) is 0.536. The number of hydrogen-bond donors (Lipinski definition) is 0. The van der Waals surface area contributed by atoms with E-state index in [-0.39, 0.29) is 5.75 Å². The zero-order chi connectivity index (χ0) is 12.2. The lowest BCUT2D eigenvalue weighted by Crippen LogP contribution is -2.18. The van der Waals surface area contributed by atoms with E-state index in [1.807, 2.05) is 0 Å². The van der Waals surface area contributed by atoms with Crippen LogP contribution in [0, 0.1) is 0 Å². The Morgan fingerprint density at radius 1 is 1.31 bits per heavy atom. The van der Waals surface area contributed by atoms with Crippen LogP contribution in [0.5, 0.6) is 0 Å². The van der Waals surface area contributed by atoms with E-state index in [1.54, 1.807) is 24.3 Å². The lowest BCUT2D eigenvalue weighted by atomic mass is 10.2. The third-order valence-corrected chi connectivity index (χ3v) is 3.57. The number of hydrogen-bond acceptors (Lipinski definition) is 4. The van der Waals surface area contributed by atoms with E-state index in [4.69, 9.17) is 11.6 Å². The first-order valence-corrected chi connectivity index (χ1v) is 6.64. The maximum Gasteiger partial charge on any atom is 0.320 e. The number of rotatable bonds is 4. The molecule has 1 aromatic rings. The average molecular weight is 263 g/mol. The van der Waals surface area contributed by atoms with Gasteiger partial charge in [-0.1, -0.05) is 23.7 Å². The number of methoxy groups -OCH3 is 1. The van der Waals surface area contributed by atoms with Gasteiger partial charge in [0.1, 0.15) is 5.75 Å². The van der Waals surface area contributed by atoms with E-state index in [0.29, 0.717) is 10.6 Å². The molecule has 0 heterocycles. The van der Waals surface area contributed by atoms with Gasteiger partial charge >= 0.3 is 5.97 Å². The molecule has 0 unspecified atom stereocenters. The number of carbonyl (C=O) groups excluding carboxylic acids is 1. The summed E-state index contributed by atoms with van der Waals surface area (Å²) in [6.07, 6.45) is 0. The molecule has 6 heteroatoms. The Hall–Kier alpha value is -1.07. The van der Waals surface area contributed by atoms with Gasteiger partial charge in [0, 0.05) is 5.02 Å². The second-order valence-electron chi connectivity index (χ2n) is 3.23. The van der Waals surface area contributed by atoms with Crippen molar-refractivity contribution in [1.82, 2.24) is 0 Å². The van der Waals surface area contributed by atoms with Gasteiger partial charge in [-0.3, -0.25) is 4.79 Å². The van der Waals surface area contributed by atoms with E-state index in [0.717, 1.165) is 7.11 Å². The Morgan fingerprint density at radius 3 is 2.38 bits per heavy atom. The minimum atomic E-state index is -3.48. The molecule has 0 aliphatic heterocycles. The van der Waals surface area contributed by atoms with E-state index in [1.165, 1.54) is 0 Å². The highest BCUT2D eigenvalue weighted by Crippen LogP contribution is 2.12. The van der Waals surface area contributed by atoms with Crippen LogP contribution in [0.2, 0.25) is 5.02 Å². The third kappa shape index (κ3) is 4.20. The SMILES string of the molecule is COC(=O)CS(=O)(=O)Cc1ccc(Cl)cc1. The highest BCUT2D eigenvalue weighted by Gasteiger charge is 2.17. The molecule has 0 saturated carbocycles. The van der Waals surface area contributed by atoms with Crippen LogP contribution in [0.3, 0.4) is 0 Å². The van der Waals surface area contributed by atoms with Crippen LogP contribution >= 0.6 is 11.6 Å². The molecule has 0 aromatic heterocycles. The van der Waals surface area contributed by atoms with Crippen molar-refractivity contribution in [2.75, 3.05) is 12.9 Å². The van der Waals surface area contributed by atoms with Crippen LogP contribution in [-0.2, 0) is 25.1 Å². The van der Waals surface area contributed by atoms with E-state index < -0.39 is 21.6 Å². The number of benzene rings is 1. The normalized spacial score (nSPS) is 11.1. The summed E-state index contributed by atoms with van der Waals surface area (Å²) in [6, 6.07) is 6.42.